The van der Waals surface area contributed by atoms with Crippen LogP contribution in [0.25, 0.3) is 0 Å². The summed E-state index contributed by atoms with van der Waals surface area (Å²) < 4.78 is 6.35. The fraction of sp³-hybridized carbons (Fsp3) is 0.278. The number of carboxylic acid groups (broad SMARTS) is 1. The number of carbonyl (C=O) groups is 1. The summed E-state index contributed by atoms with van der Waals surface area (Å²) >= 11 is 3.41. The summed E-state index contributed by atoms with van der Waals surface area (Å²) in [4.78, 5) is 13.5. The summed E-state index contributed by atoms with van der Waals surface area (Å²) in [5.41, 5.74) is 2.77. The number of ether oxygens (including phenoxy) is 1. The molecular weight excluding hydrogens is 372 g/mol. The first kappa shape index (κ1) is 16.8. The minimum atomic E-state index is -1.16. The van der Waals surface area contributed by atoms with Crippen molar-refractivity contribution >= 4 is 33.3 Å². The average Bonchev–Trinajstić information content (AvgIpc) is 2.62. The van der Waals surface area contributed by atoms with Gasteiger partial charge in [-0.15, -0.1) is 0 Å². The molecule has 0 aromatic heterocycles. The molecule has 24 heavy (non-hydrogen) atoms. The molecule has 5 nitrogen and oxygen atoms in total. The van der Waals surface area contributed by atoms with Crippen molar-refractivity contribution in [2.45, 2.75) is 6.54 Å². The van der Waals surface area contributed by atoms with Gasteiger partial charge in [-0.25, -0.2) is 0 Å². The molecule has 126 valence electrons. The van der Waals surface area contributed by atoms with Crippen LogP contribution in [-0.4, -0.2) is 32.3 Å². The number of rotatable bonds is 5. The zero-order chi connectivity index (χ0) is 16.9. The summed E-state index contributed by atoms with van der Waals surface area (Å²) in [6.45, 7) is 3.21. The molecule has 0 aliphatic carbocycles. The molecular formula is C18H18BrN2O3-. The minimum absolute atomic E-state index is 0.206. The molecule has 0 radical (unpaired) electrons. The third-order valence-corrected chi connectivity index (χ3v) is 4.51. The van der Waals surface area contributed by atoms with Crippen LogP contribution in [0, 0.1) is 0 Å². The van der Waals surface area contributed by atoms with E-state index < -0.39 is 5.97 Å². The van der Waals surface area contributed by atoms with Gasteiger partial charge in [-0.05, 0) is 35.9 Å². The van der Waals surface area contributed by atoms with E-state index in [0.717, 1.165) is 15.7 Å². The van der Waals surface area contributed by atoms with Gasteiger partial charge in [0.2, 0.25) is 0 Å². The Morgan fingerprint density at radius 2 is 1.88 bits per heavy atom. The van der Waals surface area contributed by atoms with Crippen LogP contribution in [0.4, 0.5) is 11.4 Å². The highest BCUT2D eigenvalue weighted by atomic mass is 79.9. The molecule has 0 saturated carbocycles. The van der Waals surface area contributed by atoms with Gasteiger partial charge in [-0.3, -0.25) is 0 Å². The Hall–Kier alpha value is -2.05. The van der Waals surface area contributed by atoms with Gasteiger partial charge >= 0.3 is 0 Å². The van der Waals surface area contributed by atoms with Crippen LogP contribution in [0.1, 0.15) is 15.9 Å². The Morgan fingerprint density at radius 1 is 1.17 bits per heavy atom. The van der Waals surface area contributed by atoms with E-state index in [2.05, 4.69) is 21.2 Å². The number of carboxylic acids is 1. The molecule has 0 bridgehead atoms. The van der Waals surface area contributed by atoms with Crippen molar-refractivity contribution in [3.63, 3.8) is 0 Å². The highest BCUT2D eigenvalue weighted by Crippen LogP contribution is 2.25. The van der Waals surface area contributed by atoms with E-state index in [1.807, 2.05) is 41.3 Å². The molecule has 6 heteroatoms. The smallest absolute Gasteiger partial charge is 0.0736 e. The van der Waals surface area contributed by atoms with Crippen LogP contribution in [0.15, 0.2) is 46.9 Å². The second-order valence-electron chi connectivity index (χ2n) is 5.60. The zero-order valence-electron chi connectivity index (χ0n) is 13.1. The number of aromatic carboxylic acids is 1. The second kappa shape index (κ2) is 7.68. The van der Waals surface area contributed by atoms with Gasteiger partial charge in [0.1, 0.15) is 0 Å². The Bertz CT molecular complexity index is 713. The van der Waals surface area contributed by atoms with Crippen molar-refractivity contribution in [3.05, 3.63) is 58.1 Å². The molecule has 1 saturated heterocycles. The van der Waals surface area contributed by atoms with Gasteiger partial charge in [-0.1, -0.05) is 28.1 Å². The average molecular weight is 390 g/mol. The van der Waals surface area contributed by atoms with Gasteiger partial charge in [0.25, 0.3) is 0 Å². The van der Waals surface area contributed by atoms with Gasteiger partial charge in [0.15, 0.2) is 0 Å². The predicted molar refractivity (Wildman–Crippen MR) is 95.3 cm³/mol. The molecule has 1 aliphatic heterocycles. The molecule has 2 aromatic rings. The Labute approximate surface area is 149 Å². The lowest BCUT2D eigenvalue weighted by molar-refractivity contribution is -0.254. The van der Waals surface area contributed by atoms with Crippen LogP contribution in [0.5, 0.6) is 0 Å². The number of nitrogens with one attached hydrogen (secondary N) is 1. The Kier molecular flexibility index (Phi) is 5.37. The molecule has 0 amide bonds. The predicted octanol–water partition coefficient (Wildman–Crippen LogP) is 2.26. The normalized spacial score (nSPS) is 14.5. The van der Waals surface area contributed by atoms with Gasteiger partial charge in [0.05, 0.1) is 19.2 Å². The molecule has 1 heterocycles. The fourth-order valence-corrected chi connectivity index (χ4v) is 2.96. The van der Waals surface area contributed by atoms with Crippen LogP contribution in [0.2, 0.25) is 0 Å². The Balaban J connectivity index is 1.75. The van der Waals surface area contributed by atoms with E-state index in [9.17, 15) is 9.90 Å². The van der Waals surface area contributed by atoms with Crippen molar-refractivity contribution in [2.75, 3.05) is 36.5 Å². The number of halogens is 1. The molecule has 2 aromatic carbocycles. The van der Waals surface area contributed by atoms with Gasteiger partial charge in [0, 0.05) is 41.0 Å². The van der Waals surface area contributed by atoms with Crippen molar-refractivity contribution in [3.8, 4) is 0 Å². The molecule has 0 spiro atoms. The molecule has 3 rings (SSSR count). The third-order valence-electron chi connectivity index (χ3n) is 3.98. The number of carbonyl (C=O) groups excluding carboxylic acids is 1. The topological polar surface area (TPSA) is 64.6 Å². The summed E-state index contributed by atoms with van der Waals surface area (Å²) in [6.07, 6.45) is 0. The maximum atomic E-state index is 11.5. The lowest BCUT2D eigenvalue weighted by Crippen LogP contribution is -2.38. The van der Waals surface area contributed by atoms with Crippen LogP contribution in [0.3, 0.4) is 0 Å². The first-order valence-corrected chi connectivity index (χ1v) is 8.59. The quantitative estimate of drug-likeness (QED) is 0.849. The Morgan fingerprint density at radius 3 is 2.54 bits per heavy atom. The standard InChI is InChI=1S/C18H19BrN2O3/c19-14-3-1-13(2-4-14)12-20-15-5-6-17(16(11-15)18(22)23)21-7-9-24-10-8-21/h1-6,11,20H,7-10,12H2,(H,22,23)/p-1. The number of hydrogen-bond donors (Lipinski definition) is 1. The zero-order valence-corrected chi connectivity index (χ0v) is 14.7. The molecule has 1 aliphatic rings. The van der Waals surface area contributed by atoms with Gasteiger partial charge < -0.3 is 24.9 Å². The SMILES string of the molecule is O=C([O-])c1cc(NCc2ccc(Br)cc2)ccc1N1CCOCC1. The van der Waals surface area contributed by atoms with Crippen molar-refractivity contribution in [2.24, 2.45) is 0 Å². The largest absolute Gasteiger partial charge is 0.545 e. The summed E-state index contributed by atoms with van der Waals surface area (Å²) in [5, 5.41) is 14.8. The summed E-state index contributed by atoms with van der Waals surface area (Å²) in [6, 6.07) is 13.4. The van der Waals surface area contributed by atoms with E-state index in [1.54, 1.807) is 6.07 Å². The van der Waals surface area contributed by atoms with Crippen molar-refractivity contribution < 1.29 is 14.6 Å². The monoisotopic (exact) mass is 389 g/mol. The number of benzene rings is 2. The maximum Gasteiger partial charge on any atom is 0.0736 e. The van der Waals surface area contributed by atoms with Crippen LogP contribution < -0.4 is 15.3 Å². The summed E-state index contributed by atoms with van der Waals surface area (Å²) in [7, 11) is 0. The third kappa shape index (κ3) is 4.07. The molecule has 0 atom stereocenters. The first-order chi connectivity index (χ1) is 11.6. The number of morpholine rings is 1. The van der Waals surface area contributed by atoms with Gasteiger partial charge in [-0.2, -0.15) is 0 Å². The van der Waals surface area contributed by atoms with E-state index in [0.29, 0.717) is 38.5 Å². The van der Waals surface area contributed by atoms with E-state index in [1.165, 1.54) is 0 Å². The number of anilines is 2. The fourth-order valence-electron chi connectivity index (χ4n) is 2.70. The number of hydrogen-bond acceptors (Lipinski definition) is 5. The second-order valence-corrected chi connectivity index (χ2v) is 6.51. The van der Waals surface area contributed by atoms with Crippen molar-refractivity contribution in [1.82, 2.24) is 0 Å². The lowest BCUT2D eigenvalue weighted by atomic mass is 10.1. The highest BCUT2D eigenvalue weighted by molar-refractivity contribution is 9.10. The van der Waals surface area contributed by atoms with Crippen molar-refractivity contribution in [1.29, 1.82) is 0 Å². The van der Waals surface area contributed by atoms with E-state index in [-0.39, 0.29) is 5.56 Å². The first-order valence-electron chi connectivity index (χ1n) is 7.80. The van der Waals surface area contributed by atoms with Crippen LogP contribution in [-0.2, 0) is 11.3 Å². The summed E-state index contributed by atoms with van der Waals surface area (Å²) in [5.74, 6) is -1.16. The van der Waals surface area contributed by atoms with Crippen LogP contribution >= 0.6 is 15.9 Å². The molecule has 1 N–H and O–H groups in total. The maximum absolute atomic E-state index is 11.5. The molecule has 1 fully saturated rings. The molecule has 0 unspecified atom stereocenters. The van der Waals surface area contributed by atoms with E-state index >= 15 is 0 Å². The number of nitrogens with zero attached hydrogens (tertiary/aromatic N) is 1. The van der Waals surface area contributed by atoms with E-state index in [4.69, 9.17) is 4.74 Å². The lowest BCUT2D eigenvalue weighted by Gasteiger charge is -2.31. The highest BCUT2D eigenvalue weighted by Gasteiger charge is 2.15. The minimum Gasteiger partial charge on any atom is -0.545 e.